The second-order valence-corrected chi connectivity index (χ2v) is 4.64. The van der Waals surface area contributed by atoms with Gasteiger partial charge in [0, 0.05) is 26.8 Å². The molecule has 0 aliphatic heterocycles. The Morgan fingerprint density at radius 2 is 1.88 bits per heavy atom. The van der Waals surface area contributed by atoms with Crippen molar-refractivity contribution < 1.29 is 14.6 Å². The molecule has 0 spiro atoms. The van der Waals surface area contributed by atoms with Crippen LogP contribution < -0.4 is 0 Å². The zero-order valence-electron chi connectivity index (χ0n) is 11.2. The van der Waals surface area contributed by atoms with E-state index in [0.29, 0.717) is 19.8 Å². The average molecular weight is 233 g/mol. The second-order valence-electron chi connectivity index (χ2n) is 4.64. The number of ether oxygens (including phenoxy) is 2. The van der Waals surface area contributed by atoms with E-state index in [1.807, 2.05) is 13.8 Å². The van der Waals surface area contributed by atoms with E-state index in [-0.39, 0.29) is 0 Å². The van der Waals surface area contributed by atoms with Gasteiger partial charge in [-0.15, -0.1) is 0 Å². The van der Waals surface area contributed by atoms with Gasteiger partial charge < -0.3 is 19.5 Å². The maximum absolute atomic E-state index is 9.70. The summed E-state index contributed by atoms with van der Waals surface area (Å²) in [5.41, 5.74) is -0.618. The van der Waals surface area contributed by atoms with Gasteiger partial charge in [0.2, 0.25) is 0 Å². The summed E-state index contributed by atoms with van der Waals surface area (Å²) in [6.45, 7) is 10.5. The fraction of sp³-hybridized carbons (Fsp3) is 1.00. The van der Waals surface area contributed by atoms with Crippen molar-refractivity contribution in [3.8, 4) is 0 Å². The number of rotatable bonds is 10. The molecule has 4 nitrogen and oxygen atoms in total. The quantitative estimate of drug-likeness (QED) is 0.574. The summed E-state index contributed by atoms with van der Waals surface area (Å²) in [5, 5.41) is 9.70. The fourth-order valence-electron chi connectivity index (χ4n) is 1.53. The molecule has 0 aliphatic carbocycles. The molecule has 4 heteroatoms. The number of hydrogen-bond acceptors (Lipinski definition) is 4. The summed E-state index contributed by atoms with van der Waals surface area (Å²) in [4.78, 5) is 2.24. The molecule has 98 valence electrons. The molecule has 16 heavy (non-hydrogen) atoms. The highest BCUT2D eigenvalue weighted by atomic mass is 16.5. The van der Waals surface area contributed by atoms with Crippen LogP contribution in [0.25, 0.3) is 0 Å². The molecule has 0 aliphatic rings. The Balaban J connectivity index is 3.48. The van der Waals surface area contributed by atoms with Gasteiger partial charge in [-0.3, -0.25) is 0 Å². The van der Waals surface area contributed by atoms with Gasteiger partial charge in [-0.1, -0.05) is 6.92 Å². The molecule has 0 aromatic rings. The summed E-state index contributed by atoms with van der Waals surface area (Å²) >= 11 is 0. The topological polar surface area (TPSA) is 41.9 Å². The van der Waals surface area contributed by atoms with E-state index in [9.17, 15) is 5.11 Å². The van der Waals surface area contributed by atoms with Crippen molar-refractivity contribution >= 4 is 0 Å². The van der Waals surface area contributed by atoms with Crippen LogP contribution in [0.5, 0.6) is 0 Å². The molecule has 0 saturated heterocycles. The molecule has 0 amide bonds. The third-order valence-corrected chi connectivity index (χ3v) is 2.25. The summed E-state index contributed by atoms with van der Waals surface area (Å²) in [5.74, 6) is 0. The van der Waals surface area contributed by atoms with Crippen LogP contribution in [0.2, 0.25) is 0 Å². The smallest absolute Gasteiger partial charge is 0.0718 e. The first-order chi connectivity index (χ1) is 7.49. The zero-order chi connectivity index (χ0) is 12.4. The van der Waals surface area contributed by atoms with Gasteiger partial charge in [-0.05, 0) is 26.8 Å². The predicted molar refractivity (Wildman–Crippen MR) is 65.7 cm³/mol. The van der Waals surface area contributed by atoms with Gasteiger partial charge in [-0.25, -0.2) is 0 Å². The van der Waals surface area contributed by atoms with E-state index < -0.39 is 5.60 Å². The Labute approximate surface area is 99.5 Å². The van der Waals surface area contributed by atoms with Crippen LogP contribution in [-0.4, -0.2) is 62.2 Å². The molecular formula is C12H27NO3. The van der Waals surface area contributed by atoms with E-state index in [4.69, 9.17) is 9.47 Å². The molecule has 0 rings (SSSR count). The summed E-state index contributed by atoms with van der Waals surface area (Å²) in [7, 11) is 1.67. The molecule has 0 bridgehead atoms. The maximum Gasteiger partial charge on any atom is 0.0718 e. The normalized spacial score (nSPS) is 12.4. The fourth-order valence-corrected chi connectivity index (χ4v) is 1.53. The third kappa shape index (κ3) is 10.4. The van der Waals surface area contributed by atoms with Crippen molar-refractivity contribution in [1.29, 1.82) is 0 Å². The van der Waals surface area contributed by atoms with Crippen molar-refractivity contribution in [1.82, 2.24) is 4.90 Å². The van der Waals surface area contributed by atoms with Gasteiger partial charge in [0.25, 0.3) is 0 Å². The Kier molecular flexibility index (Phi) is 8.84. The molecular weight excluding hydrogens is 206 g/mol. The molecule has 0 aromatic heterocycles. The van der Waals surface area contributed by atoms with Crippen LogP contribution in [0.3, 0.4) is 0 Å². The standard InChI is InChI=1S/C12H27NO3/c1-5-13(11-12(2,3)14)7-6-8-16-10-9-15-4/h14H,5-11H2,1-4H3. The van der Waals surface area contributed by atoms with Crippen molar-refractivity contribution in [2.24, 2.45) is 0 Å². The van der Waals surface area contributed by atoms with E-state index in [1.165, 1.54) is 0 Å². The van der Waals surface area contributed by atoms with Crippen LogP contribution in [0.15, 0.2) is 0 Å². The molecule has 0 atom stereocenters. The van der Waals surface area contributed by atoms with Gasteiger partial charge in [0.1, 0.15) is 0 Å². The first kappa shape index (κ1) is 15.8. The lowest BCUT2D eigenvalue weighted by Crippen LogP contribution is -2.39. The maximum atomic E-state index is 9.70. The second kappa shape index (κ2) is 8.93. The van der Waals surface area contributed by atoms with Crippen molar-refractivity contribution in [3.63, 3.8) is 0 Å². The molecule has 0 fully saturated rings. The van der Waals surface area contributed by atoms with Gasteiger partial charge in [-0.2, -0.15) is 0 Å². The van der Waals surface area contributed by atoms with E-state index in [0.717, 1.165) is 26.1 Å². The summed E-state index contributed by atoms with van der Waals surface area (Å²) in [6.07, 6.45) is 0.994. The van der Waals surface area contributed by atoms with Crippen LogP contribution in [0.1, 0.15) is 27.2 Å². The molecule has 0 saturated carbocycles. The minimum Gasteiger partial charge on any atom is -0.389 e. The Bertz CT molecular complexity index is 157. The largest absolute Gasteiger partial charge is 0.389 e. The van der Waals surface area contributed by atoms with E-state index in [1.54, 1.807) is 7.11 Å². The van der Waals surface area contributed by atoms with Crippen LogP contribution in [0, 0.1) is 0 Å². The van der Waals surface area contributed by atoms with Crippen molar-refractivity contribution in [2.75, 3.05) is 46.6 Å². The number of likely N-dealkylation sites (N-methyl/N-ethyl adjacent to an activating group) is 1. The summed E-state index contributed by atoms with van der Waals surface area (Å²) < 4.78 is 10.3. The molecule has 0 unspecified atom stereocenters. The lowest BCUT2D eigenvalue weighted by atomic mass is 10.1. The first-order valence-electron chi connectivity index (χ1n) is 6.01. The highest BCUT2D eigenvalue weighted by Crippen LogP contribution is 2.05. The SMILES string of the molecule is CCN(CCCOCCOC)CC(C)(C)O. The first-order valence-corrected chi connectivity index (χ1v) is 6.01. The number of nitrogens with zero attached hydrogens (tertiary/aromatic N) is 1. The molecule has 1 N–H and O–H groups in total. The number of methoxy groups -OCH3 is 1. The van der Waals surface area contributed by atoms with E-state index >= 15 is 0 Å². The lowest BCUT2D eigenvalue weighted by Gasteiger charge is -2.27. The molecule has 0 radical (unpaired) electrons. The predicted octanol–water partition coefficient (Wildman–Crippen LogP) is 1.13. The molecule has 0 heterocycles. The minimum absolute atomic E-state index is 0.618. The van der Waals surface area contributed by atoms with Crippen LogP contribution in [0.4, 0.5) is 0 Å². The van der Waals surface area contributed by atoms with Crippen molar-refractivity contribution in [2.45, 2.75) is 32.8 Å². The van der Waals surface area contributed by atoms with E-state index in [2.05, 4.69) is 11.8 Å². The Morgan fingerprint density at radius 1 is 1.19 bits per heavy atom. The highest BCUT2D eigenvalue weighted by molar-refractivity contribution is 4.71. The number of hydrogen-bond donors (Lipinski definition) is 1. The summed E-state index contributed by atoms with van der Waals surface area (Å²) in [6, 6.07) is 0. The van der Waals surface area contributed by atoms with Gasteiger partial charge in [0.15, 0.2) is 0 Å². The van der Waals surface area contributed by atoms with Crippen molar-refractivity contribution in [3.05, 3.63) is 0 Å². The molecule has 0 aromatic carbocycles. The highest BCUT2D eigenvalue weighted by Gasteiger charge is 2.16. The number of aliphatic hydroxyl groups is 1. The van der Waals surface area contributed by atoms with Crippen LogP contribution >= 0.6 is 0 Å². The zero-order valence-corrected chi connectivity index (χ0v) is 11.2. The van der Waals surface area contributed by atoms with Crippen LogP contribution in [-0.2, 0) is 9.47 Å². The minimum atomic E-state index is -0.618. The average Bonchev–Trinajstić information content (AvgIpc) is 2.19. The third-order valence-electron chi connectivity index (χ3n) is 2.25. The Hall–Kier alpha value is -0.160. The monoisotopic (exact) mass is 233 g/mol. The Morgan fingerprint density at radius 3 is 2.38 bits per heavy atom. The lowest BCUT2D eigenvalue weighted by molar-refractivity contribution is 0.0304. The van der Waals surface area contributed by atoms with Gasteiger partial charge in [0.05, 0.1) is 18.8 Å². The van der Waals surface area contributed by atoms with Gasteiger partial charge >= 0.3 is 0 Å².